The molecule has 0 aliphatic carbocycles. The molecule has 0 bridgehead atoms. The average Bonchev–Trinajstić information content (AvgIpc) is 3.26. The molecule has 0 spiro atoms. The first-order valence-corrected chi connectivity index (χ1v) is 9.66. The number of carbonyl (C=O) groups excluding carboxylic acids is 2. The van der Waals surface area contributed by atoms with E-state index in [4.69, 9.17) is 4.74 Å². The summed E-state index contributed by atoms with van der Waals surface area (Å²) in [7, 11) is 0. The van der Waals surface area contributed by atoms with Crippen molar-refractivity contribution in [3.8, 4) is 0 Å². The van der Waals surface area contributed by atoms with Crippen LogP contribution in [0.4, 0.5) is 5.69 Å². The van der Waals surface area contributed by atoms with Gasteiger partial charge in [-0.25, -0.2) is 0 Å². The number of nitro groups is 1. The van der Waals surface area contributed by atoms with E-state index < -0.39 is 16.7 Å². The topological polar surface area (TPSA) is 111 Å². The third-order valence-electron chi connectivity index (χ3n) is 4.71. The van der Waals surface area contributed by atoms with Gasteiger partial charge < -0.3 is 15.4 Å². The van der Waals surface area contributed by atoms with Crippen molar-refractivity contribution in [1.29, 1.82) is 0 Å². The first-order chi connectivity index (χ1) is 14.4. The van der Waals surface area contributed by atoms with E-state index in [2.05, 4.69) is 10.6 Å². The molecule has 8 heteroatoms. The average molecular weight is 409 g/mol. The van der Waals surface area contributed by atoms with Gasteiger partial charge in [-0.3, -0.25) is 19.7 Å². The Morgan fingerprint density at radius 3 is 2.67 bits per heavy atom. The van der Waals surface area contributed by atoms with Crippen LogP contribution in [0.15, 0.2) is 54.2 Å². The normalized spacial score (nSPS) is 16.2. The highest BCUT2D eigenvalue weighted by atomic mass is 16.6. The van der Waals surface area contributed by atoms with Crippen molar-refractivity contribution in [2.45, 2.75) is 25.9 Å². The number of benzene rings is 2. The van der Waals surface area contributed by atoms with Gasteiger partial charge in [-0.15, -0.1) is 0 Å². The van der Waals surface area contributed by atoms with Gasteiger partial charge >= 0.3 is 0 Å². The van der Waals surface area contributed by atoms with Crippen LogP contribution in [-0.2, 0) is 9.53 Å². The summed E-state index contributed by atoms with van der Waals surface area (Å²) in [6.45, 7) is 2.90. The minimum Gasteiger partial charge on any atom is -0.376 e. The molecule has 30 heavy (non-hydrogen) atoms. The van der Waals surface area contributed by atoms with Crippen molar-refractivity contribution in [1.82, 2.24) is 10.6 Å². The summed E-state index contributed by atoms with van der Waals surface area (Å²) in [6, 6.07) is 12.8. The summed E-state index contributed by atoms with van der Waals surface area (Å²) in [4.78, 5) is 35.9. The monoisotopic (exact) mass is 409 g/mol. The third kappa shape index (κ3) is 5.74. The van der Waals surface area contributed by atoms with Crippen LogP contribution in [0.25, 0.3) is 6.08 Å². The van der Waals surface area contributed by atoms with Gasteiger partial charge in [0.05, 0.1) is 11.0 Å². The van der Waals surface area contributed by atoms with Gasteiger partial charge in [-0.1, -0.05) is 29.8 Å². The summed E-state index contributed by atoms with van der Waals surface area (Å²) in [5.74, 6) is -0.934. The van der Waals surface area contributed by atoms with Crippen molar-refractivity contribution in [3.63, 3.8) is 0 Å². The molecule has 0 unspecified atom stereocenters. The molecule has 2 N–H and O–H groups in total. The highest BCUT2D eigenvalue weighted by Crippen LogP contribution is 2.16. The molecule has 8 nitrogen and oxygen atoms in total. The number of nitrogens with zero attached hydrogens (tertiary/aromatic N) is 1. The van der Waals surface area contributed by atoms with E-state index in [1.807, 2.05) is 6.92 Å². The largest absolute Gasteiger partial charge is 0.376 e. The van der Waals surface area contributed by atoms with E-state index in [0.29, 0.717) is 24.3 Å². The molecule has 1 fully saturated rings. The molecule has 0 saturated carbocycles. The second-order valence-corrected chi connectivity index (χ2v) is 7.08. The number of hydrogen-bond donors (Lipinski definition) is 2. The second-order valence-electron chi connectivity index (χ2n) is 7.08. The van der Waals surface area contributed by atoms with Crippen molar-refractivity contribution in [3.05, 3.63) is 81.0 Å². The fourth-order valence-corrected chi connectivity index (χ4v) is 3.06. The lowest BCUT2D eigenvalue weighted by molar-refractivity contribution is -0.384. The van der Waals surface area contributed by atoms with Crippen molar-refractivity contribution >= 4 is 23.6 Å². The Labute approximate surface area is 174 Å². The van der Waals surface area contributed by atoms with Crippen molar-refractivity contribution in [2.75, 3.05) is 13.2 Å². The van der Waals surface area contributed by atoms with Crippen molar-refractivity contribution < 1.29 is 19.2 Å². The molecule has 1 aliphatic rings. The van der Waals surface area contributed by atoms with Crippen LogP contribution < -0.4 is 10.6 Å². The maximum absolute atomic E-state index is 12.8. The minimum absolute atomic E-state index is 0.000861. The van der Waals surface area contributed by atoms with Crippen molar-refractivity contribution in [2.24, 2.45) is 0 Å². The van der Waals surface area contributed by atoms with E-state index in [-0.39, 0.29) is 17.5 Å². The van der Waals surface area contributed by atoms with Crippen LogP contribution in [0, 0.1) is 17.0 Å². The van der Waals surface area contributed by atoms with Gasteiger partial charge in [0.2, 0.25) is 0 Å². The number of aryl methyl sites for hydroxylation is 1. The maximum atomic E-state index is 12.8. The number of nitrogens with one attached hydrogen (secondary N) is 2. The van der Waals surface area contributed by atoms with Crippen LogP contribution in [0.2, 0.25) is 0 Å². The quantitative estimate of drug-likeness (QED) is 0.415. The highest BCUT2D eigenvalue weighted by molar-refractivity contribution is 6.05. The SMILES string of the molecule is Cc1ccc(C(=O)N/C(=C\c2cccc([N+](=O)[O-])c2)C(=O)NC[C@H]2CCCO2)cc1. The van der Waals surface area contributed by atoms with Crippen LogP contribution >= 0.6 is 0 Å². The van der Waals surface area contributed by atoms with Crippen LogP contribution in [-0.4, -0.2) is 36.0 Å². The lowest BCUT2D eigenvalue weighted by Gasteiger charge is -2.14. The smallest absolute Gasteiger partial charge is 0.270 e. The Balaban J connectivity index is 1.82. The summed E-state index contributed by atoms with van der Waals surface area (Å²) in [6.07, 6.45) is 3.17. The molecule has 2 amide bonds. The van der Waals surface area contributed by atoms with E-state index in [9.17, 15) is 19.7 Å². The third-order valence-corrected chi connectivity index (χ3v) is 4.71. The summed E-state index contributed by atoms with van der Waals surface area (Å²) >= 11 is 0. The van der Waals surface area contributed by atoms with E-state index in [1.165, 1.54) is 24.3 Å². The zero-order valence-corrected chi connectivity index (χ0v) is 16.6. The number of rotatable bonds is 7. The Kier molecular flexibility index (Phi) is 6.92. The summed E-state index contributed by atoms with van der Waals surface area (Å²) in [5, 5.41) is 16.4. The fraction of sp³-hybridized carbons (Fsp3) is 0.273. The molecular weight excluding hydrogens is 386 g/mol. The highest BCUT2D eigenvalue weighted by Gasteiger charge is 2.19. The van der Waals surface area contributed by atoms with Gasteiger partial charge in [-0.05, 0) is 43.5 Å². The van der Waals surface area contributed by atoms with Crippen LogP contribution in [0.3, 0.4) is 0 Å². The van der Waals surface area contributed by atoms with Gasteiger partial charge in [-0.2, -0.15) is 0 Å². The molecule has 3 rings (SSSR count). The van der Waals surface area contributed by atoms with Gasteiger partial charge in [0.25, 0.3) is 17.5 Å². The Morgan fingerprint density at radius 1 is 1.23 bits per heavy atom. The fourth-order valence-electron chi connectivity index (χ4n) is 3.06. The molecule has 156 valence electrons. The molecular formula is C22H23N3O5. The molecule has 1 heterocycles. The Hall–Kier alpha value is -3.52. The summed E-state index contributed by atoms with van der Waals surface area (Å²) in [5.41, 5.74) is 1.73. The first kappa shape index (κ1) is 21.2. The molecule has 2 aromatic carbocycles. The summed E-state index contributed by atoms with van der Waals surface area (Å²) < 4.78 is 5.51. The standard InChI is InChI=1S/C22H23N3O5/c1-15-7-9-17(10-8-15)21(26)24-20(22(27)23-14-19-6-3-11-30-19)13-16-4-2-5-18(12-16)25(28)29/h2,4-5,7-10,12-13,19H,3,6,11,14H2,1H3,(H,23,27)(H,24,26)/b20-13-/t19-/m1/s1. The lowest BCUT2D eigenvalue weighted by Crippen LogP contribution is -2.38. The zero-order valence-electron chi connectivity index (χ0n) is 16.6. The van der Waals surface area contributed by atoms with E-state index in [0.717, 1.165) is 18.4 Å². The molecule has 1 atom stereocenters. The van der Waals surface area contributed by atoms with E-state index >= 15 is 0 Å². The predicted molar refractivity (Wildman–Crippen MR) is 112 cm³/mol. The number of amides is 2. The van der Waals surface area contributed by atoms with Crippen LogP contribution in [0.1, 0.15) is 34.3 Å². The molecule has 0 radical (unpaired) electrons. The zero-order chi connectivity index (χ0) is 21.5. The molecule has 1 saturated heterocycles. The Morgan fingerprint density at radius 2 is 2.00 bits per heavy atom. The molecule has 0 aromatic heterocycles. The van der Waals surface area contributed by atoms with Gasteiger partial charge in [0, 0.05) is 30.8 Å². The number of nitro benzene ring substituents is 1. The maximum Gasteiger partial charge on any atom is 0.270 e. The lowest BCUT2D eigenvalue weighted by atomic mass is 10.1. The first-order valence-electron chi connectivity index (χ1n) is 9.66. The Bertz CT molecular complexity index is 963. The van der Waals surface area contributed by atoms with Gasteiger partial charge in [0.15, 0.2) is 0 Å². The van der Waals surface area contributed by atoms with E-state index in [1.54, 1.807) is 30.3 Å². The number of ether oxygens (including phenoxy) is 1. The van der Waals surface area contributed by atoms with Crippen LogP contribution in [0.5, 0.6) is 0 Å². The second kappa shape index (κ2) is 9.80. The van der Waals surface area contributed by atoms with Gasteiger partial charge in [0.1, 0.15) is 5.70 Å². The number of carbonyl (C=O) groups is 2. The number of non-ortho nitro benzene ring substituents is 1. The molecule has 2 aromatic rings. The molecule has 1 aliphatic heterocycles. The predicted octanol–water partition coefficient (Wildman–Crippen LogP) is 2.97. The minimum atomic E-state index is -0.514. The number of hydrogen-bond acceptors (Lipinski definition) is 5.